The van der Waals surface area contributed by atoms with Gasteiger partial charge in [0.05, 0.1) is 6.54 Å². The van der Waals surface area contributed by atoms with Crippen LogP contribution in [0.4, 0.5) is 5.69 Å². The molecule has 106 valence electrons. The molecule has 20 heavy (non-hydrogen) atoms. The molecule has 0 radical (unpaired) electrons. The van der Waals surface area contributed by atoms with Crippen molar-refractivity contribution in [2.75, 3.05) is 17.2 Å². The molecule has 0 aliphatic rings. The first-order valence-corrected chi connectivity index (χ1v) is 7.43. The highest BCUT2D eigenvalue weighted by atomic mass is 79.9. The highest BCUT2D eigenvalue weighted by Gasteiger charge is 1.97. The van der Waals surface area contributed by atoms with Crippen molar-refractivity contribution in [2.45, 2.75) is 19.8 Å². The topological polar surface area (TPSA) is 58.2 Å². The Morgan fingerprint density at radius 2 is 1.95 bits per heavy atom. The molecule has 2 N–H and O–H groups in total. The Morgan fingerprint density at radius 1 is 1.25 bits per heavy atom. The van der Waals surface area contributed by atoms with Gasteiger partial charge in [0.25, 0.3) is 0 Å². The van der Waals surface area contributed by atoms with Gasteiger partial charge in [-0.15, -0.1) is 0 Å². The molecule has 1 aromatic rings. The van der Waals surface area contributed by atoms with Gasteiger partial charge in [0.15, 0.2) is 0 Å². The van der Waals surface area contributed by atoms with Gasteiger partial charge < -0.3 is 10.6 Å². The lowest BCUT2D eigenvalue weighted by molar-refractivity contribution is -0.120. The Kier molecular flexibility index (Phi) is 7.44. The van der Waals surface area contributed by atoms with E-state index in [4.69, 9.17) is 0 Å². The summed E-state index contributed by atoms with van der Waals surface area (Å²) in [6, 6.07) is 7.23. The second-order valence-electron chi connectivity index (χ2n) is 4.13. The van der Waals surface area contributed by atoms with Gasteiger partial charge in [-0.25, -0.2) is 0 Å². The minimum Gasteiger partial charge on any atom is -0.345 e. The summed E-state index contributed by atoms with van der Waals surface area (Å²) in [6.45, 7) is 1.81. The van der Waals surface area contributed by atoms with Gasteiger partial charge in [-0.1, -0.05) is 27.8 Å². The molecular weight excluding hydrogens is 320 g/mol. The molecular formula is C15H17BrN2O2. The maximum Gasteiger partial charge on any atom is 0.221 e. The minimum absolute atomic E-state index is 0.0137. The zero-order valence-corrected chi connectivity index (χ0v) is 12.9. The largest absolute Gasteiger partial charge is 0.345 e. The van der Waals surface area contributed by atoms with E-state index >= 15 is 0 Å². The fourth-order valence-corrected chi connectivity index (χ4v) is 1.73. The van der Waals surface area contributed by atoms with E-state index in [1.165, 1.54) is 6.92 Å². The molecule has 0 unspecified atom stereocenters. The van der Waals surface area contributed by atoms with E-state index in [9.17, 15) is 9.59 Å². The zero-order chi connectivity index (χ0) is 14.8. The van der Waals surface area contributed by atoms with Crippen molar-refractivity contribution in [2.24, 2.45) is 0 Å². The molecule has 0 aromatic heterocycles. The van der Waals surface area contributed by atoms with Crippen LogP contribution in [0.3, 0.4) is 0 Å². The van der Waals surface area contributed by atoms with Gasteiger partial charge in [0.1, 0.15) is 0 Å². The summed E-state index contributed by atoms with van der Waals surface area (Å²) in [5.74, 6) is 5.75. The number of benzene rings is 1. The Morgan fingerprint density at radius 3 is 2.55 bits per heavy atom. The quantitative estimate of drug-likeness (QED) is 0.640. The van der Waals surface area contributed by atoms with Gasteiger partial charge in [0, 0.05) is 29.9 Å². The van der Waals surface area contributed by atoms with Gasteiger partial charge in [-0.2, -0.15) is 0 Å². The maximum absolute atomic E-state index is 11.3. The highest BCUT2D eigenvalue weighted by molar-refractivity contribution is 9.09. The molecule has 0 heterocycles. The van der Waals surface area contributed by atoms with Crippen LogP contribution in [-0.2, 0) is 9.59 Å². The Bertz CT molecular complexity index is 515. The zero-order valence-electron chi connectivity index (χ0n) is 11.3. The molecule has 0 fully saturated rings. The first-order chi connectivity index (χ1) is 9.61. The van der Waals surface area contributed by atoms with E-state index in [1.807, 2.05) is 12.1 Å². The summed E-state index contributed by atoms with van der Waals surface area (Å²) in [4.78, 5) is 22.2. The number of nitrogens with one attached hydrogen (secondary N) is 2. The lowest BCUT2D eigenvalue weighted by Gasteiger charge is -2.01. The molecule has 0 spiro atoms. The number of hydrogen-bond acceptors (Lipinski definition) is 2. The number of halogens is 1. The molecule has 1 aromatic carbocycles. The molecule has 0 bridgehead atoms. The van der Waals surface area contributed by atoms with E-state index in [0.29, 0.717) is 13.0 Å². The summed E-state index contributed by atoms with van der Waals surface area (Å²) >= 11 is 3.28. The molecule has 1 rings (SSSR count). The van der Waals surface area contributed by atoms with Crippen LogP contribution in [0, 0.1) is 11.8 Å². The van der Waals surface area contributed by atoms with Crippen molar-refractivity contribution in [3.63, 3.8) is 0 Å². The summed E-state index contributed by atoms with van der Waals surface area (Å²) in [5.41, 5.74) is 1.58. The predicted molar refractivity (Wildman–Crippen MR) is 83.7 cm³/mol. The van der Waals surface area contributed by atoms with E-state index < -0.39 is 0 Å². The third-order valence-electron chi connectivity index (χ3n) is 2.35. The molecule has 0 aliphatic carbocycles. The molecule has 4 nitrogen and oxygen atoms in total. The number of carbonyl (C=O) groups is 2. The Labute approximate surface area is 127 Å². The van der Waals surface area contributed by atoms with E-state index in [0.717, 1.165) is 23.0 Å². The minimum atomic E-state index is -0.102. The molecule has 0 saturated carbocycles. The van der Waals surface area contributed by atoms with Crippen LogP contribution in [0.1, 0.15) is 25.3 Å². The summed E-state index contributed by atoms with van der Waals surface area (Å²) in [7, 11) is 0. The van der Waals surface area contributed by atoms with Crippen LogP contribution in [-0.4, -0.2) is 23.7 Å². The summed E-state index contributed by atoms with van der Waals surface area (Å²) < 4.78 is 0. The smallest absolute Gasteiger partial charge is 0.221 e. The van der Waals surface area contributed by atoms with Crippen molar-refractivity contribution in [3.8, 4) is 11.8 Å². The van der Waals surface area contributed by atoms with Gasteiger partial charge >= 0.3 is 0 Å². The maximum atomic E-state index is 11.3. The molecule has 2 amide bonds. The van der Waals surface area contributed by atoms with Gasteiger partial charge in [-0.3, -0.25) is 9.59 Å². The second kappa shape index (κ2) is 9.16. The average Bonchev–Trinajstić information content (AvgIpc) is 2.42. The number of amides is 2. The van der Waals surface area contributed by atoms with Crippen molar-refractivity contribution < 1.29 is 9.59 Å². The fourth-order valence-electron chi connectivity index (χ4n) is 1.44. The van der Waals surface area contributed by atoms with Crippen LogP contribution < -0.4 is 10.6 Å². The van der Waals surface area contributed by atoms with E-state index in [2.05, 4.69) is 38.4 Å². The van der Waals surface area contributed by atoms with Gasteiger partial charge in [-0.05, 0) is 30.7 Å². The molecule has 0 atom stereocenters. The van der Waals surface area contributed by atoms with E-state index in [-0.39, 0.29) is 11.8 Å². The summed E-state index contributed by atoms with van der Waals surface area (Å²) in [5, 5.41) is 6.25. The Balaban J connectivity index is 2.39. The first kappa shape index (κ1) is 16.3. The average molecular weight is 337 g/mol. The van der Waals surface area contributed by atoms with Crippen molar-refractivity contribution in [3.05, 3.63) is 29.8 Å². The molecule has 5 heteroatoms. The predicted octanol–water partition coefficient (Wildman–Crippen LogP) is 2.29. The number of hydrogen-bond donors (Lipinski definition) is 2. The monoisotopic (exact) mass is 336 g/mol. The summed E-state index contributed by atoms with van der Waals surface area (Å²) in [6.07, 6.45) is 1.34. The number of rotatable bonds is 5. The third-order valence-corrected chi connectivity index (χ3v) is 2.91. The van der Waals surface area contributed by atoms with Crippen molar-refractivity contribution in [1.29, 1.82) is 0 Å². The second-order valence-corrected chi connectivity index (χ2v) is 4.92. The lowest BCUT2D eigenvalue weighted by atomic mass is 10.2. The molecule has 0 aliphatic heterocycles. The number of anilines is 1. The van der Waals surface area contributed by atoms with Crippen LogP contribution in [0.2, 0.25) is 0 Å². The fraction of sp³-hybridized carbons (Fsp3) is 0.333. The van der Waals surface area contributed by atoms with Crippen LogP contribution >= 0.6 is 15.9 Å². The number of carbonyl (C=O) groups excluding carboxylic acids is 2. The third kappa shape index (κ3) is 6.95. The van der Waals surface area contributed by atoms with Crippen LogP contribution in [0.15, 0.2) is 24.3 Å². The van der Waals surface area contributed by atoms with Gasteiger partial charge in [0.2, 0.25) is 11.8 Å². The number of alkyl halides is 1. The van der Waals surface area contributed by atoms with Crippen molar-refractivity contribution >= 4 is 33.4 Å². The standard InChI is InChI=1S/C15H17BrN2O2/c1-12(19)18-14-8-6-13(7-9-14)4-3-11-17-15(20)5-2-10-16/h6-9H,2,5,10-11H2,1H3,(H,17,20)(H,18,19). The Hall–Kier alpha value is -1.80. The highest BCUT2D eigenvalue weighted by Crippen LogP contribution is 2.08. The normalized spacial score (nSPS) is 9.30. The lowest BCUT2D eigenvalue weighted by Crippen LogP contribution is -2.23. The van der Waals surface area contributed by atoms with Crippen LogP contribution in [0.25, 0.3) is 0 Å². The first-order valence-electron chi connectivity index (χ1n) is 6.31. The van der Waals surface area contributed by atoms with Crippen LogP contribution in [0.5, 0.6) is 0 Å². The SMILES string of the molecule is CC(=O)Nc1ccc(C#CCNC(=O)CCCBr)cc1. The molecule has 0 saturated heterocycles. The van der Waals surface area contributed by atoms with E-state index in [1.54, 1.807) is 12.1 Å². The van der Waals surface area contributed by atoms with Crippen molar-refractivity contribution in [1.82, 2.24) is 5.32 Å².